The van der Waals surface area contributed by atoms with Gasteiger partial charge < -0.3 is 5.11 Å². The molecule has 1 N–H and O–H groups in total. The van der Waals surface area contributed by atoms with Gasteiger partial charge in [0.2, 0.25) is 0 Å². The second-order valence-electron chi connectivity index (χ2n) is 3.40. The lowest BCUT2D eigenvalue weighted by molar-refractivity contribution is -0.0190. The van der Waals surface area contributed by atoms with Gasteiger partial charge in [0.15, 0.2) is 0 Å². The minimum absolute atomic E-state index is 0.160. The molecule has 10 heavy (non-hydrogen) atoms. The third-order valence-electron chi connectivity index (χ3n) is 2.44. The molecule has 0 spiro atoms. The maximum atomic E-state index is 9.79. The minimum atomic E-state index is -0.609. The third-order valence-corrected chi connectivity index (χ3v) is 2.44. The van der Waals surface area contributed by atoms with E-state index in [0.29, 0.717) is 0 Å². The van der Waals surface area contributed by atoms with E-state index in [1.165, 1.54) is 0 Å². The molecular formula is C9H18O. The largest absolute Gasteiger partial charge is 0.389 e. The quantitative estimate of drug-likeness (QED) is 0.599. The molecule has 0 aliphatic heterocycles. The van der Waals surface area contributed by atoms with Gasteiger partial charge in [-0.3, -0.25) is 0 Å². The van der Waals surface area contributed by atoms with E-state index in [2.05, 4.69) is 6.58 Å². The van der Waals surface area contributed by atoms with E-state index in [1.54, 1.807) is 6.08 Å². The van der Waals surface area contributed by atoms with E-state index in [1.807, 2.05) is 27.7 Å². The molecule has 60 valence electrons. The lowest BCUT2D eigenvalue weighted by Crippen LogP contribution is -2.37. The summed E-state index contributed by atoms with van der Waals surface area (Å²) in [4.78, 5) is 0. The van der Waals surface area contributed by atoms with Crippen molar-refractivity contribution in [3.8, 4) is 0 Å². The molecule has 0 aromatic carbocycles. The van der Waals surface area contributed by atoms with Crippen LogP contribution >= 0.6 is 0 Å². The molecule has 0 aromatic rings. The number of aliphatic hydroxyl groups is 1. The SMILES string of the molecule is C=C[C@@H](C)[C@@](C)(O)C(C)C. The Labute approximate surface area is 63.8 Å². The number of hydrogen-bond donors (Lipinski definition) is 1. The number of hydrogen-bond acceptors (Lipinski definition) is 1. The fourth-order valence-electron chi connectivity index (χ4n) is 0.764. The summed E-state index contributed by atoms with van der Waals surface area (Å²) in [5.74, 6) is 0.438. The molecule has 0 aliphatic rings. The van der Waals surface area contributed by atoms with Crippen LogP contribution in [0.15, 0.2) is 12.7 Å². The highest BCUT2D eigenvalue weighted by Gasteiger charge is 2.29. The molecule has 0 aromatic heterocycles. The highest BCUT2D eigenvalue weighted by molar-refractivity contribution is 4.91. The van der Waals surface area contributed by atoms with Gasteiger partial charge in [-0.15, -0.1) is 6.58 Å². The van der Waals surface area contributed by atoms with Gasteiger partial charge in [-0.1, -0.05) is 26.8 Å². The predicted molar refractivity (Wildman–Crippen MR) is 44.8 cm³/mol. The Bertz CT molecular complexity index is 114. The summed E-state index contributed by atoms with van der Waals surface area (Å²) < 4.78 is 0. The first-order valence-corrected chi connectivity index (χ1v) is 3.77. The van der Waals surface area contributed by atoms with Crippen molar-refractivity contribution < 1.29 is 5.11 Å². The first-order chi connectivity index (χ1) is 4.42. The first kappa shape index (κ1) is 9.70. The average molecular weight is 142 g/mol. The Morgan fingerprint density at radius 3 is 1.90 bits per heavy atom. The minimum Gasteiger partial charge on any atom is -0.389 e. The van der Waals surface area contributed by atoms with Crippen LogP contribution in [0.25, 0.3) is 0 Å². The van der Waals surface area contributed by atoms with Crippen molar-refractivity contribution in [2.24, 2.45) is 11.8 Å². The molecule has 1 heteroatoms. The van der Waals surface area contributed by atoms with Gasteiger partial charge in [0.1, 0.15) is 0 Å². The summed E-state index contributed by atoms with van der Waals surface area (Å²) in [6.07, 6.45) is 1.79. The zero-order valence-corrected chi connectivity index (χ0v) is 7.39. The molecule has 0 radical (unpaired) electrons. The Morgan fingerprint density at radius 2 is 1.80 bits per heavy atom. The van der Waals surface area contributed by atoms with Crippen molar-refractivity contribution in [1.82, 2.24) is 0 Å². The van der Waals surface area contributed by atoms with Crippen LogP contribution in [-0.2, 0) is 0 Å². The van der Waals surface area contributed by atoms with Crippen molar-refractivity contribution in [2.45, 2.75) is 33.3 Å². The molecule has 0 bridgehead atoms. The summed E-state index contributed by atoms with van der Waals surface area (Å²) in [5, 5.41) is 9.79. The van der Waals surface area contributed by atoms with Gasteiger partial charge in [-0.05, 0) is 12.8 Å². The Kier molecular flexibility index (Phi) is 3.10. The van der Waals surface area contributed by atoms with E-state index in [-0.39, 0.29) is 11.8 Å². The normalized spacial score (nSPS) is 20.2. The zero-order valence-electron chi connectivity index (χ0n) is 7.39. The van der Waals surface area contributed by atoms with E-state index in [4.69, 9.17) is 0 Å². The van der Waals surface area contributed by atoms with Crippen LogP contribution in [0.4, 0.5) is 0 Å². The predicted octanol–water partition coefficient (Wildman–Crippen LogP) is 2.22. The van der Waals surface area contributed by atoms with Gasteiger partial charge in [-0.25, -0.2) is 0 Å². The number of rotatable bonds is 3. The molecule has 0 fully saturated rings. The average Bonchev–Trinajstić information content (AvgIpc) is 1.86. The van der Waals surface area contributed by atoms with Crippen LogP contribution in [-0.4, -0.2) is 10.7 Å². The van der Waals surface area contributed by atoms with Crippen LogP contribution < -0.4 is 0 Å². The van der Waals surface area contributed by atoms with Crippen LogP contribution in [0.5, 0.6) is 0 Å². The maximum Gasteiger partial charge on any atom is 0.0702 e. The second kappa shape index (κ2) is 3.20. The standard InChI is InChI=1S/C9H18O/c1-6-8(4)9(5,10)7(2)3/h6-8,10H,1H2,2-5H3/t8-,9+/m1/s1. The molecule has 2 atom stereocenters. The van der Waals surface area contributed by atoms with Gasteiger partial charge in [0, 0.05) is 5.92 Å². The monoisotopic (exact) mass is 142 g/mol. The summed E-state index contributed by atoms with van der Waals surface area (Å²) in [6.45, 7) is 11.5. The topological polar surface area (TPSA) is 20.2 Å². The van der Waals surface area contributed by atoms with Gasteiger partial charge in [0.05, 0.1) is 5.60 Å². The molecule has 0 heterocycles. The van der Waals surface area contributed by atoms with E-state index < -0.39 is 5.60 Å². The maximum absolute atomic E-state index is 9.79. The molecule has 0 rings (SSSR count). The van der Waals surface area contributed by atoms with Crippen LogP contribution in [0.2, 0.25) is 0 Å². The lowest BCUT2D eigenvalue weighted by Gasteiger charge is -2.32. The first-order valence-electron chi connectivity index (χ1n) is 3.77. The third kappa shape index (κ3) is 1.84. The molecule has 0 saturated heterocycles. The van der Waals surface area contributed by atoms with Crippen LogP contribution in [0, 0.1) is 11.8 Å². The fourth-order valence-corrected chi connectivity index (χ4v) is 0.764. The molecular weight excluding hydrogens is 124 g/mol. The summed E-state index contributed by atoms with van der Waals surface area (Å²) in [6, 6.07) is 0. The zero-order chi connectivity index (χ0) is 8.36. The summed E-state index contributed by atoms with van der Waals surface area (Å²) in [7, 11) is 0. The molecule has 0 amide bonds. The molecule has 0 aliphatic carbocycles. The Balaban J connectivity index is 4.22. The summed E-state index contributed by atoms with van der Waals surface area (Å²) in [5.41, 5.74) is -0.609. The Morgan fingerprint density at radius 1 is 1.40 bits per heavy atom. The van der Waals surface area contributed by atoms with Crippen LogP contribution in [0.1, 0.15) is 27.7 Å². The van der Waals surface area contributed by atoms with Crippen LogP contribution in [0.3, 0.4) is 0 Å². The van der Waals surface area contributed by atoms with Crippen molar-refractivity contribution in [3.63, 3.8) is 0 Å². The molecule has 0 unspecified atom stereocenters. The van der Waals surface area contributed by atoms with E-state index in [0.717, 1.165) is 0 Å². The summed E-state index contributed by atoms with van der Waals surface area (Å²) >= 11 is 0. The smallest absolute Gasteiger partial charge is 0.0702 e. The van der Waals surface area contributed by atoms with Crippen molar-refractivity contribution >= 4 is 0 Å². The Hall–Kier alpha value is -0.300. The van der Waals surface area contributed by atoms with Crippen molar-refractivity contribution in [3.05, 3.63) is 12.7 Å². The van der Waals surface area contributed by atoms with Gasteiger partial charge in [0.25, 0.3) is 0 Å². The highest BCUT2D eigenvalue weighted by Crippen LogP contribution is 2.25. The molecule has 1 nitrogen and oxygen atoms in total. The van der Waals surface area contributed by atoms with E-state index >= 15 is 0 Å². The fraction of sp³-hybridized carbons (Fsp3) is 0.778. The van der Waals surface area contributed by atoms with E-state index in [9.17, 15) is 5.11 Å². The van der Waals surface area contributed by atoms with Crippen molar-refractivity contribution in [1.29, 1.82) is 0 Å². The molecule has 0 saturated carbocycles. The second-order valence-corrected chi connectivity index (χ2v) is 3.40. The van der Waals surface area contributed by atoms with Crippen molar-refractivity contribution in [2.75, 3.05) is 0 Å². The van der Waals surface area contributed by atoms with Gasteiger partial charge in [-0.2, -0.15) is 0 Å². The lowest BCUT2D eigenvalue weighted by atomic mass is 9.81. The van der Waals surface area contributed by atoms with Gasteiger partial charge >= 0.3 is 0 Å². The highest BCUT2D eigenvalue weighted by atomic mass is 16.3.